The topological polar surface area (TPSA) is 83.4 Å². The molecule has 2 aromatic rings. The minimum atomic E-state index is -0.107. The second-order valence-corrected chi connectivity index (χ2v) is 6.50. The molecule has 1 N–H and O–H groups in total. The molecule has 2 amide bonds. The van der Waals surface area contributed by atoms with Crippen LogP contribution >= 0.6 is 11.6 Å². The number of piperazine rings is 1. The maximum atomic E-state index is 12.3. The minimum Gasteiger partial charge on any atom is -0.340 e. The Bertz CT molecular complexity index is 743. The van der Waals surface area contributed by atoms with E-state index in [-0.39, 0.29) is 18.4 Å². The maximum Gasteiger partial charge on any atom is 0.238 e. The zero-order valence-electron chi connectivity index (χ0n) is 14.3. The van der Waals surface area contributed by atoms with Gasteiger partial charge in [-0.05, 0) is 12.1 Å². The van der Waals surface area contributed by atoms with Gasteiger partial charge in [-0.15, -0.1) is 0 Å². The Morgan fingerprint density at radius 2 is 1.92 bits per heavy atom. The molecule has 1 aromatic carbocycles. The van der Waals surface area contributed by atoms with Gasteiger partial charge in [0.2, 0.25) is 11.8 Å². The quantitative estimate of drug-likeness (QED) is 0.816. The molecule has 8 nitrogen and oxygen atoms in total. The summed E-state index contributed by atoms with van der Waals surface area (Å²) < 4.78 is 1.65. The normalized spacial score (nSPS) is 15.0. The standard InChI is InChI=1S/C17H21ClN6O2/c18-14-3-1-2-4-15(14)21-16(25)11-22-7-9-23(10-8-22)17(26)5-6-24-13-19-12-20-24/h1-4,12-13H,5-11H2,(H,21,25). The highest BCUT2D eigenvalue weighted by molar-refractivity contribution is 6.33. The highest BCUT2D eigenvalue weighted by atomic mass is 35.5. The van der Waals surface area contributed by atoms with E-state index in [2.05, 4.69) is 15.4 Å². The van der Waals surface area contributed by atoms with Gasteiger partial charge in [0.05, 0.1) is 23.8 Å². The van der Waals surface area contributed by atoms with E-state index >= 15 is 0 Å². The van der Waals surface area contributed by atoms with Crippen molar-refractivity contribution >= 4 is 29.1 Å². The molecule has 0 unspecified atom stereocenters. The molecule has 0 radical (unpaired) electrons. The molecule has 0 saturated carbocycles. The first kappa shape index (κ1) is 18.3. The molecule has 3 rings (SSSR count). The Hall–Kier alpha value is -2.45. The molecule has 0 atom stereocenters. The summed E-state index contributed by atoms with van der Waals surface area (Å²) in [5.41, 5.74) is 0.612. The SMILES string of the molecule is O=C(CN1CCN(C(=O)CCn2cncn2)CC1)Nc1ccccc1Cl. The van der Waals surface area contributed by atoms with Gasteiger partial charge in [-0.2, -0.15) is 5.10 Å². The molecule has 9 heteroatoms. The average molecular weight is 377 g/mol. The molecular formula is C17H21ClN6O2. The van der Waals surface area contributed by atoms with Crippen LogP contribution in [-0.2, 0) is 16.1 Å². The number of rotatable bonds is 6. The van der Waals surface area contributed by atoms with Crippen molar-refractivity contribution in [1.82, 2.24) is 24.6 Å². The van der Waals surface area contributed by atoms with Crippen molar-refractivity contribution in [3.05, 3.63) is 41.9 Å². The van der Waals surface area contributed by atoms with Crippen LogP contribution in [0.25, 0.3) is 0 Å². The molecule has 1 aromatic heterocycles. The van der Waals surface area contributed by atoms with Crippen molar-refractivity contribution < 1.29 is 9.59 Å². The second kappa shape index (κ2) is 8.77. The molecule has 1 aliphatic rings. The summed E-state index contributed by atoms with van der Waals surface area (Å²) in [7, 11) is 0. The van der Waals surface area contributed by atoms with Gasteiger partial charge >= 0.3 is 0 Å². The first-order chi connectivity index (χ1) is 12.6. The van der Waals surface area contributed by atoms with Crippen LogP contribution in [0.3, 0.4) is 0 Å². The van der Waals surface area contributed by atoms with E-state index < -0.39 is 0 Å². The monoisotopic (exact) mass is 376 g/mol. The summed E-state index contributed by atoms with van der Waals surface area (Å²) in [6, 6.07) is 7.15. The third-order valence-corrected chi connectivity index (χ3v) is 4.59. The van der Waals surface area contributed by atoms with E-state index in [9.17, 15) is 9.59 Å². The van der Waals surface area contributed by atoms with Gasteiger partial charge in [0, 0.05) is 32.6 Å². The lowest BCUT2D eigenvalue weighted by atomic mass is 10.2. The summed E-state index contributed by atoms with van der Waals surface area (Å²) >= 11 is 6.05. The van der Waals surface area contributed by atoms with Gasteiger partial charge in [0.1, 0.15) is 12.7 Å². The number of nitrogens with one attached hydrogen (secondary N) is 1. The highest BCUT2D eigenvalue weighted by Crippen LogP contribution is 2.20. The van der Waals surface area contributed by atoms with Gasteiger partial charge in [0.15, 0.2) is 0 Å². The number of amides is 2. The smallest absolute Gasteiger partial charge is 0.238 e. The minimum absolute atomic E-state index is 0.0978. The fourth-order valence-electron chi connectivity index (χ4n) is 2.83. The van der Waals surface area contributed by atoms with E-state index in [0.717, 1.165) is 0 Å². The van der Waals surface area contributed by atoms with Crippen LogP contribution in [0, 0.1) is 0 Å². The summed E-state index contributed by atoms with van der Waals surface area (Å²) in [6.07, 6.45) is 3.45. The molecular weight excluding hydrogens is 356 g/mol. The van der Waals surface area contributed by atoms with Crippen LogP contribution in [0.15, 0.2) is 36.9 Å². The third kappa shape index (κ3) is 5.03. The van der Waals surface area contributed by atoms with Gasteiger partial charge < -0.3 is 10.2 Å². The molecule has 1 fully saturated rings. The van der Waals surface area contributed by atoms with Crippen LogP contribution < -0.4 is 5.32 Å². The number of para-hydroxylation sites is 1. The summed E-state index contributed by atoms with van der Waals surface area (Å²) in [6.45, 7) is 3.40. The Morgan fingerprint density at radius 3 is 2.62 bits per heavy atom. The van der Waals surface area contributed by atoms with Crippen molar-refractivity contribution in [2.75, 3.05) is 38.0 Å². The van der Waals surface area contributed by atoms with Crippen molar-refractivity contribution in [3.63, 3.8) is 0 Å². The van der Waals surface area contributed by atoms with E-state index in [4.69, 9.17) is 11.6 Å². The molecule has 26 heavy (non-hydrogen) atoms. The first-order valence-corrected chi connectivity index (χ1v) is 8.86. The Kier molecular flexibility index (Phi) is 6.19. The third-order valence-electron chi connectivity index (χ3n) is 4.26. The lowest BCUT2D eigenvalue weighted by Gasteiger charge is -2.34. The number of carbonyl (C=O) groups excluding carboxylic acids is 2. The lowest BCUT2D eigenvalue weighted by Crippen LogP contribution is -2.50. The maximum absolute atomic E-state index is 12.3. The lowest BCUT2D eigenvalue weighted by molar-refractivity contribution is -0.133. The zero-order valence-corrected chi connectivity index (χ0v) is 15.1. The van der Waals surface area contributed by atoms with Crippen LogP contribution in [-0.4, -0.2) is 69.1 Å². The van der Waals surface area contributed by atoms with Gasteiger partial charge in [0.25, 0.3) is 0 Å². The predicted octanol–water partition coefficient (Wildman–Crippen LogP) is 1.10. The van der Waals surface area contributed by atoms with Crippen molar-refractivity contribution in [3.8, 4) is 0 Å². The summed E-state index contributed by atoms with van der Waals surface area (Å²) in [4.78, 5) is 32.2. The van der Waals surface area contributed by atoms with E-state index in [1.807, 2.05) is 21.9 Å². The molecule has 0 aliphatic carbocycles. The zero-order chi connectivity index (χ0) is 18.4. The van der Waals surface area contributed by atoms with Crippen LogP contribution in [0.2, 0.25) is 5.02 Å². The Morgan fingerprint density at radius 1 is 1.15 bits per heavy atom. The molecule has 2 heterocycles. The predicted molar refractivity (Wildman–Crippen MR) is 97.7 cm³/mol. The average Bonchev–Trinajstić information content (AvgIpc) is 3.16. The number of anilines is 1. The Labute approximate surface area is 156 Å². The van der Waals surface area contributed by atoms with Gasteiger partial charge in [-0.3, -0.25) is 19.2 Å². The van der Waals surface area contributed by atoms with Crippen LogP contribution in [0.4, 0.5) is 5.69 Å². The number of nitrogens with zero attached hydrogens (tertiary/aromatic N) is 5. The van der Waals surface area contributed by atoms with E-state index in [1.54, 1.807) is 23.1 Å². The van der Waals surface area contributed by atoms with Crippen LogP contribution in [0.1, 0.15) is 6.42 Å². The fraction of sp³-hybridized carbons (Fsp3) is 0.412. The number of aromatic nitrogens is 3. The molecule has 1 saturated heterocycles. The first-order valence-electron chi connectivity index (χ1n) is 8.49. The number of carbonyl (C=O) groups is 2. The summed E-state index contributed by atoms with van der Waals surface area (Å²) in [5.74, 6) is -0.00951. The number of hydrogen-bond donors (Lipinski definition) is 1. The number of halogens is 1. The van der Waals surface area contributed by atoms with E-state index in [1.165, 1.54) is 6.33 Å². The van der Waals surface area contributed by atoms with Gasteiger partial charge in [-0.1, -0.05) is 23.7 Å². The number of benzene rings is 1. The Balaban J connectivity index is 1.40. The van der Waals surface area contributed by atoms with Crippen molar-refractivity contribution in [1.29, 1.82) is 0 Å². The van der Waals surface area contributed by atoms with Gasteiger partial charge in [-0.25, -0.2) is 4.98 Å². The van der Waals surface area contributed by atoms with Crippen LogP contribution in [0.5, 0.6) is 0 Å². The highest BCUT2D eigenvalue weighted by Gasteiger charge is 2.22. The fourth-order valence-corrected chi connectivity index (χ4v) is 3.01. The number of hydrogen-bond acceptors (Lipinski definition) is 5. The van der Waals surface area contributed by atoms with E-state index in [0.29, 0.717) is 49.9 Å². The molecule has 0 bridgehead atoms. The van der Waals surface area contributed by atoms with Crippen molar-refractivity contribution in [2.24, 2.45) is 0 Å². The largest absolute Gasteiger partial charge is 0.340 e. The summed E-state index contributed by atoms with van der Waals surface area (Å²) in [5, 5.41) is 7.33. The molecule has 138 valence electrons. The number of aryl methyl sites for hydroxylation is 1. The van der Waals surface area contributed by atoms with Crippen molar-refractivity contribution in [2.45, 2.75) is 13.0 Å². The molecule has 1 aliphatic heterocycles. The second-order valence-electron chi connectivity index (χ2n) is 6.09. The molecule has 0 spiro atoms.